The molecule has 4 nitrogen and oxygen atoms in total. The van der Waals surface area contributed by atoms with Crippen LogP contribution >= 0.6 is 0 Å². The first-order valence-electron chi connectivity index (χ1n) is 7.78. The maximum absolute atomic E-state index is 12.7. The predicted octanol–water partition coefficient (Wildman–Crippen LogP) is 2.04. The van der Waals surface area contributed by atoms with Gasteiger partial charge in [-0.2, -0.15) is 0 Å². The van der Waals surface area contributed by atoms with Crippen LogP contribution in [-0.2, 0) is 9.53 Å². The molecule has 0 aromatic rings. The average molecular weight is 282 g/mol. The third kappa shape index (κ3) is 2.37. The molecule has 116 valence electrons. The van der Waals surface area contributed by atoms with Gasteiger partial charge in [0, 0.05) is 37.6 Å². The molecular weight excluding hydrogens is 252 g/mol. The SMILES string of the molecule is COC1(C)CC(N(C)C(=O)[C@H]2CCN[C@@H](C)C2)C1(C)C. The molecule has 2 fully saturated rings. The van der Waals surface area contributed by atoms with Gasteiger partial charge in [-0.3, -0.25) is 4.79 Å². The zero-order valence-corrected chi connectivity index (χ0v) is 13.8. The fourth-order valence-corrected chi connectivity index (χ4v) is 3.87. The molecule has 1 saturated carbocycles. The summed E-state index contributed by atoms with van der Waals surface area (Å²) in [6, 6.07) is 0.731. The van der Waals surface area contributed by atoms with Crippen LogP contribution in [0.1, 0.15) is 47.0 Å². The molecule has 0 spiro atoms. The summed E-state index contributed by atoms with van der Waals surface area (Å²) >= 11 is 0. The first kappa shape index (κ1) is 15.8. The van der Waals surface area contributed by atoms with Crippen LogP contribution in [0.25, 0.3) is 0 Å². The number of hydrogen-bond donors (Lipinski definition) is 1. The van der Waals surface area contributed by atoms with Gasteiger partial charge in [-0.1, -0.05) is 13.8 Å². The molecule has 1 heterocycles. The molecule has 1 aliphatic carbocycles. The van der Waals surface area contributed by atoms with Gasteiger partial charge < -0.3 is 15.0 Å². The van der Waals surface area contributed by atoms with E-state index in [-0.39, 0.29) is 23.0 Å². The lowest BCUT2D eigenvalue weighted by Gasteiger charge is -2.61. The van der Waals surface area contributed by atoms with Crippen LogP contribution in [0, 0.1) is 11.3 Å². The fourth-order valence-electron chi connectivity index (χ4n) is 3.87. The van der Waals surface area contributed by atoms with E-state index in [9.17, 15) is 4.79 Å². The summed E-state index contributed by atoms with van der Waals surface area (Å²) in [4.78, 5) is 14.7. The molecule has 0 aromatic heterocycles. The first-order chi connectivity index (χ1) is 9.23. The topological polar surface area (TPSA) is 41.6 Å². The van der Waals surface area contributed by atoms with Gasteiger partial charge in [-0.05, 0) is 39.7 Å². The summed E-state index contributed by atoms with van der Waals surface area (Å²) in [5, 5.41) is 3.41. The molecule has 0 aromatic carbocycles. The van der Waals surface area contributed by atoms with Crippen LogP contribution < -0.4 is 5.32 Å². The fraction of sp³-hybridized carbons (Fsp3) is 0.938. The first-order valence-corrected chi connectivity index (χ1v) is 7.78. The van der Waals surface area contributed by atoms with Gasteiger partial charge in [0.25, 0.3) is 0 Å². The van der Waals surface area contributed by atoms with E-state index in [1.807, 2.05) is 11.9 Å². The Morgan fingerprint density at radius 3 is 2.50 bits per heavy atom. The minimum Gasteiger partial charge on any atom is -0.378 e. The number of ether oxygens (including phenoxy) is 1. The van der Waals surface area contributed by atoms with E-state index in [1.54, 1.807) is 7.11 Å². The average Bonchev–Trinajstić information content (AvgIpc) is 2.42. The van der Waals surface area contributed by atoms with Gasteiger partial charge in [0.2, 0.25) is 5.91 Å². The zero-order chi connectivity index (χ0) is 15.1. The van der Waals surface area contributed by atoms with Crippen molar-refractivity contribution in [3.8, 4) is 0 Å². The molecule has 2 aliphatic rings. The largest absolute Gasteiger partial charge is 0.378 e. The van der Waals surface area contributed by atoms with E-state index < -0.39 is 0 Å². The highest BCUT2D eigenvalue weighted by molar-refractivity contribution is 5.79. The number of carbonyl (C=O) groups is 1. The lowest BCUT2D eigenvalue weighted by Crippen LogP contribution is -2.69. The molecular formula is C16H30N2O2. The molecule has 1 amide bonds. The summed E-state index contributed by atoms with van der Waals surface area (Å²) < 4.78 is 5.66. The number of rotatable bonds is 3. The molecule has 2 rings (SSSR count). The monoisotopic (exact) mass is 282 g/mol. The van der Waals surface area contributed by atoms with Crippen molar-refractivity contribution >= 4 is 5.91 Å². The van der Waals surface area contributed by atoms with Crippen molar-refractivity contribution in [2.75, 3.05) is 20.7 Å². The lowest BCUT2D eigenvalue weighted by molar-refractivity contribution is -0.208. The van der Waals surface area contributed by atoms with Gasteiger partial charge in [-0.25, -0.2) is 0 Å². The van der Waals surface area contributed by atoms with Crippen LogP contribution in [0.15, 0.2) is 0 Å². The van der Waals surface area contributed by atoms with Crippen LogP contribution in [0.4, 0.5) is 0 Å². The number of amides is 1. The van der Waals surface area contributed by atoms with Crippen LogP contribution in [0.5, 0.6) is 0 Å². The second-order valence-corrected chi connectivity index (χ2v) is 7.40. The molecule has 1 N–H and O–H groups in total. The second kappa shape index (κ2) is 5.30. The number of methoxy groups -OCH3 is 1. The summed E-state index contributed by atoms with van der Waals surface area (Å²) in [6.07, 6.45) is 2.85. The number of nitrogens with zero attached hydrogens (tertiary/aromatic N) is 1. The molecule has 0 bridgehead atoms. The van der Waals surface area contributed by atoms with Gasteiger partial charge in [-0.15, -0.1) is 0 Å². The van der Waals surface area contributed by atoms with E-state index >= 15 is 0 Å². The quantitative estimate of drug-likeness (QED) is 0.861. The van der Waals surface area contributed by atoms with Crippen molar-refractivity contribution in [1.29, 1.82) is 0 Å². The van der Waals surface area contributed by atoms with Gasteiger partial charge in [0.15, 0.2) is 0 Å². The van der Waals surface area contributed by atoms with E-state index in [1.165, 1.54) is 0 Å². The maximum Gasteiger partial charge on any atom is 0.225 e. The van der Waals surface area contributed by atoms with Crippen molar-refractivity contribution in [1.82, 2.24) is 10.2 Å². The second-order valence-electron chi connectivity index (χ2n) is 7.40. The smallest absolute Gasteiger partial charge is 0.225 e. The molecule has 1 saturated heterocycles. The third-order valence-electron chi connectivity index (χ3n) is 6.02. The van der Waals surface area contributed by atoms with Crippen molar-refractivity contribution < 1.29 is 9.53 Å². The van der Waals surface area contributed by atoms with E-state index in [2.05, 4.69) is 33.0 Å². The third-order valence-corrected chi connectivity index (χ3v) is 6.02. The van der Waals surface area contributed by atoms with E-state index in [0.29, 0.717) is 11.9 Å². The Kier molecular flexibility index (Phi) is 4.18. The Labute approximate surface area is 123 Å². The Bertz CT molecular complexity index is 383. The number of carbonyl (C=O) groups excluding carboxylic acids is 1. The number of hydrogen-bond acceptors (Lipinski definition) is 3. The van der Waals surface area contributed by atoms with Gasteiger partial charge in [0.1, 0.15) is 0 Å². The Balaban J connectivity index is 2.02. The van der Waals surface area contributed by atoms with Crippen LogP contribution in [-0.4, -0.2) is 49.2 Å². The molecule has 1 aliphatic heterocycles. The molecule has 20 heavy (non-hydrogen) atoms. The Morgan fingerprint density at radius 2 is 2.00 bits per heavy atom. The van der Waals surface area contributed by atoms with Crippen molar-refractivity contribution in [3.05, 3.63) is 0 Å². The standard InChI is InChI=1S/C16H30N2O2/c1-11-9-12(7-8-17-11)14(19)18(5)13-10-16(4,20-6)15(13,2)3/h11-13,17H,7-10H2,1-6H3/t11-,12-,13?,16?/m0/s1. The highest BCUT2D eigenvalue weighted by atomic mass is 16.5. The van der Waals surface area contributed by atoms with Crippen LogP contribution in [0.2, 0.25) is 0 Å². The van der Waals surface area contributed by atoms with E-state index in [4.69, 9.17) is 4.74 Å². The van der Waals surface area contributed by atoms with Crippen molar-refractivity contribution in [2.24, 2.45) is 11.3 Å². The maximum atomic E-state index is 12.7. The summed E-state index contributed by atoms with van der Waals surface area (Å²) in [5.41, 5.74) is -0.113. The van der Waals surface area contributed by atoms with Gasteiger partial charge >= 0.3 is 0 Å². The summed E-state index contributed by atoms with van der Waals surface area (Å²) in [6.45, 7) is 9.68. The Morgan fingerprint density at radius 1 is 1.35 bits per heavy atom. The van der Waals surface area contributed by atoms with Gasteiger partial charge in [0.05, 0.1) is 5.60 Å². The predicted molar refractivity (Wildman–Crippen MR) is 80.6 cm³/mol. The Hall–Kier alpha value is -0.610. The van der Waals surface area contributed by atoms with Crippen molar-refractivity contribution in [2.45, 2.75) is 64.6 Å². The molecule has 4 atom stereocenters. The zero-order valence-electron chi connectivity index (χ0n) is 13.8. The minimum absolute atomic E-state index is 0.00466. The molecule has 0 radical (unpaired) electrons. The number of piperidine rings is 1. The van der Waals surface area contributed by atoms with Crippen molar-refractivity contribution in [3.63, 3.8) is 0 Å². The normalized spacial score (nSPS) is 40.0. The van der Waals surface area contributed by atoms with E-state index in [0.717, 1.165) is 25.8 Å². The lowest BCUT2D eigenvalue weighted by atomic mass is 9.55. The highest BCUT2D eigenvalue weighted by Gasteiger charge is 2.60. The number of nitrogens with one attached hydrogen (secondary N) is 1. The molecule has 4 heteroatoms. The summed E-state index contributed by atoms with van der Waals surface area (Å²) in [7, 11) is 3.74. The molecule has 2 unspecified atom stereocenters. The highest BCUT2D eigenvalue weighted by Crippen LogP contribution is 2.53. The minimum atomic E-state index is -0.117. The van der Waals surface area contributed by atoms with Crippen LogP contribution in [0.3, 0.4) is 0 Å². The summed E-state index contributed by atoms with van der Waals surface area (Å²) in [5.74, 6) is 0.496.